The van der Waals surface area contributed by atoms with E-state index in [1.54, 1.807) is 0 Å². The molecule has 9 rings (SSSR count). The zero-order chi connectivity index (χ0) is 53.9. The van der Waals surface area contributed by atoms with E-state index >= 15 is 0 Å². The maximum Gasteiger partial charge on any atom is 0.0465 e. The summed E-state index contributed by atoms with van der Waals surface area (Å²) in [6.07, 6.45) is 17.7. The number of rotatable bonds is 20. The molecule has 0 N–H and O–H groups in total. The van der Waals surface area contributed by atoms with Crippen LogP contribution in [0.2, 0.25) is 0 Å². The predicted molar refractivity (Wildman–Crippen MR) is 333 cm³/mol. The van der Waals surface area contributed by atoms with Crippen LogP contribution in [0.25, 0.3) is 11.1 Å². The summed E-state index contributed by atoms with van der Waals surface area (Å²) >= 11 is 7.60. The van der Waals surface area contributed by atoms with Gasteiger partial charge in [0.15, 0.2) is 0 Å². The molecule has 6 aromatic rings. The number of halogens is 2. The minimum atomic E-state index is -0.148. The molecule has 0 fully saturated rings. The van der Waals surface area contributed by atoms with Crippen molar-refractivity contribution >= 4 is 66.0 Å². The Hall–Kier alpha value is -4.12. The smallest absolute Gasteiger partial charge is 0.0465 e. The van der Waals surface area contributed by atoms with Crippen molar-refractivity contribution in [1.82, 2.24) is 0 Å². The number of unbranched alkanes of at least 4 members (excludes halogenated alkanes) is 10. The summed E-state index contributed by atoms with van der Waals surface area (Å²) in [4.78, 5) is 5.12. The van der Waals surface area contributed by atoms with Crippen LogP contribution in [0, 0.1) is 10.8 Å². The van der Waals surface area contributed by atoms with Crippen molar-refractivity contribution in [3.63, 3.8) is 0 Å². The van der Waals surface area contributed by atoms with Crippen molar-refractivity contribution in [1.29, 1.82) is 0 Å². The van der Waals surface area contributed by atoms with Crippen LogP contribution in [-0.4, -0.2) is 0 Å². The highest BCUT2D eigenvalue weighted by molar-refractivity contribution is 9.10. The molecule has 0 bridgehead atoms. The second-order valence-electron chi connectivity index (χ2n) is 26.4. The summed E-state index contributed by atoms with van der Waals surface area (Å²) in [5, 5.41) is 0. The lowest BCUT2D eigenvalue weighted by atomic mass is 9.59. The van der Waals surface area contributed by atoms with E-state index in [1.165, 1.54) is 156 Å². The Bertz CT molecular complexity index is 2800. The van der Waals surface area contributed by atoms with Gasteiger partial charge in [-0.15, -0.1) is 0 Å². The Morgan fingerprint density at radius 3 is 0.933 bits per heavy atom. The predicted octanol–water partition coefficient (Wildman–Crippen LogP) is 23.1. The summed E-state index contributed by atoms with van der Waals surface area (Å²) in [6.45, 7) is 34.3. The zero-order valence-electron chi connectivity index (χ0n) is 48.6. The van der Waals surface area contributed by atoms with Gasteiger partial charge in [0, 0.05) is 48.5 Å². The van der Waals surface area contributed by atoms with Crippen molar-refractivity contribution < 1.29 is 0 Å². The molecule has 75 heavy (non-hydrogen) atoms. The van der Waals surface area contributed by atoms with Crippen molar-refractivity contribution in [2.45, 2.75) is 214 Å². The Labute approximate surface area is 472 Å². The first-order valence-corrected chi connectivity index (χ1v) is 30.8. The molecular formula is C71H90Br2N2. The molecule has 0 amide bonds. The third-order valence-electron chi connectivity index (χ3n) is 21.4. The fraction of sp³-hybridized carbons (Fsp3) is 0.493. The van der Waals surface area contributed by atoms with Crippen LogP contribution in [0.5, 0.6) is 0 Å². The molecule has 6 aromatic carbocycles. The lowest BCUT2D eigenvalue weighted by molar-refractivity contribution is 0.125. The van der Waals surface area contributed by atoms with Crippen molar-refractivity contribution in [2.75, 3.05) is 9.80 Å². The van der Waals surface area contributed by atoms with E-state index in [1.807, 2.05) is 0 Å². The molecule has 0 radical (unpaired) electrons. The van der Waals surface area contributed by atoms with E-state index in [0.717, 1.165) is 21.8 Å². The number of nitrogens with zero attached hydrogens (tertiary/aromatic N) is 2. The fourth-order valence-corrected chi connectivity index (χ4v) is 14.8. The summed E-state index contributed by atoms with van der Waals surface area (Å²) in [6, 6.07) is 48.0. The lowest BCUT2D eigenvalue weighted by Gasteiger charge is -2.44. The van der Waals surface area contributed by atoms with E-state index in [4.69, 9.17) is 0 Å². The molecule has 0 atom stereocenters. The molecule has 3 aliphatic rings. The minimum Gasteiger partial charge on any atom is -0.310 e. The molecule has 0 unspecified atom stereocenters. The average molecular weight is 1130 g/mol. The first-order chi connectivity index (χ1) is 35.5. The molecule has 2 nitrogen and oxygen atoms in total. The largest absolute Gasteiger partial charge is 0.310 e. The second kappa shape index (κ2) is 20.9. The summed E-state index contributed by atoms with van der Waals surface area (Å²) < 4.78 is 2.19. The number of hydrogen-bond acceptors (Lipinski definition) is 2. The lowest BCUT2D eigenvalue weighted by Crippen LogP contribution is -2.42. The van der Waals surface area contributed by atoms with Gasteiger partial charge in [0.05, 0.1) is 0 Å². The van der Waals surface area contributed by atoms with Crippen LogP contribution in [0.4, 0.5) is 34.1 Å². The Balaban J connectivity index is 1.24. The van der Waals surface area contributed by atoms with Crippen LogP contribution in [-0.2, 0) is 27.1 Å². The first kappa shape index (κ1) is 55.6. The molecular weight excluding hydrogens is 1040 g/mol. The highest BCUT2D eigenvalue weighted by Gasteiger charge is 2.58. The van der Waals surface area contributed by atoms with Crippen LogP contribution in [0.1, 0.15) is 220 Å². The molecule has 0 spiro atoms. The summed E-state index contributed by atoms with van der Waals surface area (Å²) in [5.41, 5.74) is 19.0. The molecule has 0 saturated carbocycles. The van der Waals surface area contributed by atoms with Crippen LogP contribution >= 0.6 is 31.9 Å². The normalized spacial score (nSPS) is 18.3. The van der Waals surface area contributed by atoms with Gasteiger partial charge in [0.25, 0.3) is 0 Å². The summed E-state index contributed by atoms with van der Waals surface area (Å²) in [5.74, 6) is 0. The van der Waals surface area contributed by atoms with Gasteiger partial charge in [0.1, 0.15) is 0 Å². The van der Waals surface area contributed by atoms with Gasteiger partial charge in [-0.2, -0.15) is 0 Å². The van der Waals surface area contributed by atoms with Crippen LogP contribution in [0.15, 0.2) is 130 Å². The monoisotopic (exact) mass is 1130 g/mol. The number of hydrogen-bond donors (Lipinski definition) is 0. The molecule has 398 valence electrons. The van der Waals surface area contributed by atoms with Gasteiger partial charge in [-0.3, -0.25) is 0 Å². The Kier molecular flexibility index (Phi) is 15.5. The fourth-order valence-electron chi connectivity index (χ4n) is 14.3. The van der Waals surface area contributed by atoms with E-state index in [2.05, 4.69) is 260 Å². The molecule has 0 aliphatic heterocycles. The first-order valence-electron chi connectivity index (χ1n) is 29.2. The van der Waals surface area contributed by atoms with Crippen molar-refractivity contribution in [3.8, 4) is 11.1 Å². The molecule has 4 heteroatoms. The van der Waals surface area contributed by atoms with Crippen LogP contribution < -0.4 is 9.80 Å². The van der Waals surface area contributed by atoms with E-state index in [0.29, 0.717) is 0 Å². The zero-order valence-corrected chi connectivity index (χ0v) is 51.8. The number of fused-ring (bicyclic) bond motifs is 5. The third-order valence-corrected chi connectivity index (χ3v) is 22.5. The molecule has 0 heterocycles. The number of benzene rings is 6. The van der Waals surface area contributed by atoms with Gasteiger partial charge in [-0.25, -0.2) is 0 Å². The topological polar surface area (TPSA) is 6.48 Å². The van der Waals surface area contributed by atoms with E-state index in [-0.39, 0.29) is 37.9 Å². The maximum atomic E-state index is 3.80. The quantitative estimate of drug-likeness (QED) is 0.0703. The van der Waals surface area contributed by atoms with Gasteiger partial charge >= 0.3 is 0 Å². The average Bonchev–Trinajstić information content (AvgIpc) is 3.75. The van der Waals surface area contributed by atoms with E-state index < -0.39 is 0 Å². The Morgan fingerprint density at radius 2 is 0.587 bits per heavy atom. The third kappa shape index (κ3) is 9.32. The van der Waals surface area contributed by atoms with Crippen LogP contribution in [0.3, 0.4) is 0 Å². The highest BCUT2D eigenvalue weighted by atomic mass is 79.9. The number of anilines is 6. The van der Waals surface area contributed by atoms with Crippen molar-refractivity contribution in [3.05, 3.63) is 164 Å². The molecule has 3 aliphatic carbocycles. The maximum absolute atomic E-state index is 3.80. The Morgan fingerprint density at radius 1 is 0.307 bits per heavy atom. The van der Waals surface area contributed by atoms with Gasteiger partial charge < -0.3 is 9.80 Å². The standard InChI is InChI=1S/C71H90Br2N2/c1-15-17-19-21-23-25-43-71(44-26-24-22-20-18-16-2)61-45-53(74(51-31-27-49(72)28-32-51)55-37-41-59-63(47-55)67(7,8)69(11,12)65(59,3)4)35-39-57(61)58-40-36-54(46-62(58)71)75(52-33-29-50(73)30-34-52)56-38-42-60-64(48-56)68(9,10)70(13,14)66(60,5)6/h27-42,45-48H,15-26,43-44H2,1-14H3. The van der Waals surface area contributed by atoms with Gasteiger partial charge in [0.2, 0.25) is 0 Å². The van der Waals surface area contributed by atoms with E-state index in [9.17, 15) is 0 Å². The SMILES string of the molecule is CCCCCCCCC1(CCCCCCCC)c2cc(N(c3ccc(Br)cc3)c3ccc4c(c3)C(C)(C)C(C)(C)C4(C)C)ccc2-c2ccc(N(c3ccc(Br)cc3)c3ccc4c(c3)C(C)(C)C(C)(C)C4(C)C)cc21. The minimum absolute atomic E-state index is 0.0127. The van der Waals surface area contributed by atoms with Gasteiger partial charge in [-0.05, 0) is 187 Å². The highest BCUT2D eigenvalue weighted by Crippen LogP contribution is 2.64. The molecule has 0 saturated heterocycles. The van der Waals surface area contributed by atoms with Gasteiger partial charge in [-0.1, -0.05) is 230 Å². The second-order valence-corrected chi connectivity index (χ2v) is 28.2. The molecule has 0 aromatic heterocycles. The summed E-state index contributed by atoms with van der Waals surface area (Å²) in [7, 11) is 0. The van der Waals surface area contributed by atoms with Crippen molar-refractivity contribution in [2.24, 2.45) is 10.8 Å².